The summed E-state index contributed by atoms with van der Waals surface area (Å²) < 4.78 is 44.8. The minimum atomic E-state index is -3.97. The minimum absolute atomic E-state index is 0.0723. The number of methoxy groups -OCH3 is 1. The Balaban J connectivity index is 1.68. The van der Waals surface area contributed by atoms with Crippen LogP contribution in [0.3, 0.4) is 0 Å². The third-order valence-corrected chi connectivity index (χ3v) is 7.11. The topological polar surface area (TPSA) is 104 Å². The fourth-order valence-corrected chi connectivity index (χ4v) is 5.10. The maximum absolute atomic E-state index is 13.6. The monoisotopic (exact) mass is 495 g/mol. The Hall–Kier alpha value is -3.98. The van der Waals surface area contributed by atoms with E-state index in [9.17, 15) is 13.2 Å². The molecule has 3 aromatic carbocycles. The molecule has 0 unspecified atom stereocenters. The lowest BCUT2D eigenvalue weighted by molar-refractivity contribution is -0.136. The van der Waals surface area contributed by atoms with Crippen LogP contribution in [0.15, 0.2) is 77.8 Å². The van der Waals surface area contributed by atoms with Crippen LogP contribution in [-0.2, 0) is 21.2 Å². The zero-order chi connectivity index (χ0) is 25.0. The second-order valence-corrected chi connectivity index (χ2v) is 9.52. The van der Waals surface area contributed by atoms with Gasteiger partial charge in [-0.3, -0.25) is 4.79 Å². The van der Waals surface area contributed by atoms with Crippen molar-refractivity contribution >= 4 is 26.9 Å². The molecule has 1 heterocycles. The number of aryl methyl sites for hydroxylation is 1. The molecule has 35 heavy (non-hydrogen) atoms. The molecule has 0 atom stereocenters. The second-order valence-electron chi connectivity index (χ2n) is 7.71. The highest BCUT2D eigenvalue weighted by Gasteiger charge is 2.22. The molecule has 0 amide bonds. The van der Waals surface area contributed by atoms with Crippen molar-refractivity contribution in [2.24, 2.45) is 0 Å². The molecule has 8 nitrogen and oxygen atoms in total. The number of aromatic nitrogens is 1. The van der Waals surface area contributed by atoms with E-state index in [1.165, 1.54) is 22.3 Å². The number of benzene rings is 3. The van der Waals surface area contributed by atoms with Crippen molar-refractivity contribution in [2.75, 3.05) is 13.7 Å². The van der Waals surface area contributed by atoms with E-state index in [2.05, 4.69) is 0 Å². The number of carboxylic acids is 1. The number of hydrogen-bond acceptors (Lipinski definition) is 6. The Bertz CT molecular complexity index is 1440. The van der Waals surface area contributed by atoms with Gasteiger partial charge in [-0.15, -0.1) is 0 Å². The summed E-state index contributed by atoms with van der Waals surface area (Å²) in [5, 5.41) is 9.76. The first-order valence-corrected chi connectivity index (χ1v) is 12.4. The quantitative estimate of drug-likeness (QED) is 0.327. The predicted molar refractivity (Wildman–Crippen MR) is 131 cm³/mol. The molecule has 0 aliphatic rings. The molecule has 4 rings (SSSR count). The van der Waals surface area contributed by atoms with Crippen LogP contribution in [0.1, 0.15) is 18.9 Å². The van der Waals surface area contributed by atoms with E-state index in [0.29, 0.717) is 46.1 Å². The van der Waals surface area contributed by atoms with Gasteiger partial charge in [0.1, 0.15) is 23.0 Å². The summed E-state index contributed by atoms with van der Waals surface area (Å²) in [6.07, 6.45) is 1.58. The van der Waals surface area contributed by atoms with Crippen molar-refractivity contribution in [3.05, 3.63) is 78.5 Å². The van der Waals surface area contributed by atoms with Crippen molar-refractivity contribution in [1.82, 2.24) is 3.97 Å². The summed E-state index contributed by atoms with van der Waals surface area (Å²) >= 11 is 0. The maximum Gasteiger partial charge on any atom is 0.303 e. The highest BCUT2D eigenvalue weighted by molar-refractivity contribution is 7.90. The molecule has 0 saturated heterocycles. The number of rotatable bonds is 10. The van der Waals surface area contributed by atoms with E-state index in [0.717, 1.165) is 0 Å². The molecular weight excluding hydrogens is 470 g/mol. The average Bonchev–Trinajstić information content (AvgIpc) is 3.22. The molecule has 1 aromatic heterocycles. The highest BCUT2D eigenvalue weighted by Crippen LogP contribution is 2.31. The fourth-order valence-electron chi connectivity index (χ4n) is 3.72. The third kappa shape index (κ3) is 5.25. The molecule has 0 aliphatic heterocycles. The molecule has 1 N–H and O–H groups in total. The number of carboxylic acid groups (broad SMARTS) is 1. The average molecular weight is 496 g/mol. The number of fused-ring (bicyclic) bond motifs is 1. The third-order valence-electron chi connectivity index (χ3n) is 5.42. The molecule has 182 valence electrons. The van der Waals surface area contributed by atoms with Crippen LogP contribution in [0.2, 0.25) is 0 Å². The Labute approximate surface area is 203 Å². The Morgan fingerprint density at radius 3 is 2.11 bits per heavy atom. The van der Waals surface area contributed by atoms with Crippen LogP contribution in [0.4, 0.5) is 0 Å². The van der Waals surface area contributed by atoms with Gasteiger partial charge in [0.15, 0.2) is 0 Å². The second kappa shape index (κ2) is 10.1. The SMILES string of the molecule is CCOc1ccc2c(CCC(=O)O)cn(S(=O)(=O)c3ccc(Oc4ccc(OC)cc4)cc3)c2c1. The van der Waals surface area contributed by atoms with E-state index in [4.69, 9.17) is 19.3 Å². The smallest absolute Gasteiger partial charge is 0.303 e. The van der Waals surface area contributed by atoms with Crippen molar-refractivity contribution < 1.29 is 32.5 Å². The first-order valence-electron chi connectivity index (χ1n) is 11.0. The van der Waals surface area contributed by atoms with E-state index in [-0.39, 0.29) is 17.7 Å². The van der Waals surface area contributed by atoms with Gasteiger partial charge in [0.05, 0.1) is 24.1 Å². The summed E-state index contributed by atoms with van der Waals surface area (Å²) in [5.74, 6) is 1.35. The van der Waals surface area contributed by atoms with Crippen molar-refractivity contribution in [2.45, 2.75) is 24.7 Å². The van der Waals surface area contributed by atoms with Crippen LogP contribution in [0, 0.1) is 0 Å². The molecule has 0 spiro atoms. The lowest BCUT2D eigenvalue weighted by Gasteiger charge is -2.10. The summed E-state index contributed by atoms with van der Waals surface area (Å²) in [6.45, 7) is 2.27. The van der Waals surface area contributed by atoms with Crippen molar-refractivity contribution in [3.63, 3.8) is 0 Å². The normalized spacial score (nSPS) is 11.4. The highest BCUT2D eigenvalue weighted by atomic mass is 32.2. The number of ether oxygens (including phenoxy) is 3. The van der Waals surface area contributed by atoms with Gasteiger partial charge < -0.3 is 19.3 Å². The van der Waals surface area contributed by atoms with Crippen LogP contribution in [0.5, 0.6) is 23.0 Å². The largest absolute Gasteiger partial charge is 0.497 e. The summed E-state index contributed by atoms with van der Waals surface area (Å²) in [4.78, 5) is 11.2. The summed E-state index contributed by atoms with van der Waals surface area (Å²) in [5.41, 5.74) is 1.06. The van der Waals surface area contributed by atoms with Gasteiger partial charge in [0.2, 0.25) is 0 Å². The summed E-state index contributed by atoms with van der Waals surface area (Å²) in [6, 6.07) is 18.3. The minimum Gasteiger partial charge on any atom is -0.497 e. The van der Waals surface area contributed by atoms with E-state index >= 15 is 0 Å². The van der Waals surface area contributed by atoms with Gasteiger partial charge >= 0.3 is 5.97 Å². The standard InChI is InChI=1S/C26H25NO7S/c1-3-33-22-11-14-24-18(4-15-26(28)29)17-27(25(24)16-22)35(30,31)23-12-9-21(10-13-23)34-20-7-5-19(32-2)6-8-20/h5-14,16-17H,3-4,15H2,1-2H3,(H,28,29). The lowest BCUT2D eigenvalue weighted by Crippen LogP contribution is -2.12. The molecule has 0 bridgehead atoms. The molecular formula is C26H25NO7S. The predicted octanol–water partition coefficient (Wildman–Crippen LogP) is 5.10. The van der Waals surface area contributed by atoms with Gasteiger partial charge in [0.25, 0.3) is 10.0 Å². The van der Waals surface area contributed by atoms with Gasteiger partial charge in [-0.05, 0) is 79.6 Å². The zero-order valence-electron chi connectivity index (χ0n) is 19.3. The van der Waals surface area contributed by atoms with E-state index in [1.54, 1.807) is 61.7 Å². The first kappa shape index (κ1) is 24.2. The number of carbonyl (C=O) groups is 1. The molecule has 0 saturated carbocycles. The van der Waals surface area contributed by atoms with Gasteiger partial charge in [-0.2, -0.15) is 0 Å². The molecule has 9 heteroatoms. The van der Waals surface area contributed by atoms with Crippen LogP contribution < -0.4 is 14.2 Å². The summed E-state index contributed by atoms with van der Waals surface area (Å²) in [7, 11) is -2.39. The van der Waals surface area contributed by atoms with Crippen LogP contribution >= 0.6 is 0 Å². The zero-order valence-corrected chi connectivity index (χ0v) is 20.1. The number of hydrogen-bond donors (Lipinski definition) is 1. The van der Waals surface area contributed by atoms with Crippen LogP contribution in [-0.4, -0.2) is 37.2 Å². The van der Waals surface area contributed by atoms with Gasteiger partial charge in [-0.1, -0.05) is 0 Å². The van der Waals surface area contributed by atoms with Crippen LogP contribution in [0.25, 0.3) is 10.9 Å². The van der Waals surface area contributed by atoms with Crippen molar-refractivity contribution in [3.8, 4) is 23.0 Å². The van der Waals surface area contributed by atoms with E-state index < -0.39 is 16.0 Å². The fraction of sp³-hybridized carbons (Fsp3) is 0.192. The first-order chi connectivity index (χ1) is 16.8. The molecule has 0 aliphatic carbocycles. The number of aliphatic carboxylic acids is 1. The van der Waals surface area contributed by atoms with Gasteiger partial charge in [0, 0.05) is 24.1 Å². The number of nitrogens with zero attached hydrogens (tertiary/aromatic N) is 1. The molecule has 4 aromatic rings. The molecule has 0 fully saturated rings. The maximum atomic E-state index is 13.6. The Morgan fingerprint density at radius 1 is 0.914 bits per heavy atom. The Kier molecular flexibility index (Phi) is 6.97. The van der Waals surface area contributed by atoms with Gasteiger partial charge in [-0.25, -0.2) is 12.4 Å². The molecule has 0 radical (unpaired) electrons. The van der Waals surface area contributed by atoms with E-state index in [1.807, 2.05) is 6.92 Å². The Morgan fingerprint density at radius 2 is 1.51 bits per heavy atom. The van der Waals surface area contributed by atoms with Crippen molar-refractivity contribution in [1.29, 1.82) is 0 Å². The lowest BCUT2D eigenvalue weighted by atomic mass is 10.1.